The summed E-state index contributed by atoms with van der Waals surface area (Å²) in [6.07, 6.45) is 8.19. The number of carbonyl (C=O) groups is 1. The van der Waals surface area contributed by atoms with Gasteiger partial charge in [-0.15, -0.1) is 0 Å². The number of amides is 1. The van der Waals surface area contributed by atoms with E-state index in [0.717, 1.165) is 37.1 Å². The monoisotopic (exact) mass is 312 g/mol. The summed E-state index contributed by atoms with van der Waals surface area (Å²) in [6, 6.07) is 1.99. The normalized spacial score (nSPS) is 20.9. The molecule has 4 rings (SSSR count). The number of aromatic nitrogens is 2. The van der Waals surface area contributed by atoms with Crippen molar-refractivity contribution in [1.29, 1.82) is 0 Å². The zero-order chi connectivity index (χ0) is 16.0. The maximum absolute atomic E-state index is 12.6. The maximum Gasteiger partial charge on any atom is 0.242 e. The molecule has 2 aliphatic rings. The van der Waals surface area contributed by atoms with E-state index in [1.54, 1.807) is 6.20 Å². The lowest BCUT2D eigenvalue weighted by atomic mass is 9.72. The molecule has 5 heteroatoms. The van der Waals surface area contributed by atoms with Crippen LogP contribution in [-0.4, -0.2) is 58.5 Å². The number of carbonyl (C=O) groups excluding carboxylic acids is 1. The molecule has 0 saturated carbocycles. The number of hydrogen-bond donors (Lipinski definition) is 0. The Morgan fingerprint density at radius 2 is 2.04 bits per heavy atom. The largest absolute Gasteiger partial charge is 0.340 e. The fourth-order valence-electron chi connectivity index (χ4n) is 4.04. The molecule has 23 heavy (non-hydrogen) atoms. The average Bonchev–Trinajstić information content (AvgIpc) is 2.83. The molecule has 0 unspecified atom stereocenters. The minimum Gasteiger partial charge on any atom is -0.340 e. The molecule has 2 saturated heterocycles. The first-order chi connectivity index (χ1) is 11.1. The Bertz CT molecular complexity index is 735. The number of piperidine rings is 1. The van der Waals surface area contributed by atoms with Crippen molar-refractivity contribution in [3.63, 3.8) is 0 Å². The van der Waals surface area contributed by atoms with Crippen molar-refractivity contribution in [2.45, 2.75) is 26.3 Å². The van der Waals surface area contributed by atoms with Gasteiger partial charge in [0.1, 0.15) is 6.54 Å². The van der Waals surface area contributed by atoms with E-state index in [0.29, 0.717) is 12.0 Å². The van der Waals surface area contributed by atoms with Crippen LogP contribution in [0, 0.1) is 12.3 Å². The molecule has 2 aromatic rings. The molecule has 2 fully saturated rings. The Morgan fingerprint density at radius 3 is 2.78 bits per heavy atom. The van der Waals surface area contributed by atoms with Crippen LogP contribution in [0.5, 0.6) is 0 Å². The lowest BCUT2D eigenvalue weighted by Gasteiger charge is -2.53. The van der Waals surface area contributed by atoms with Crippen LogP contribution >= 0.6 is 0 Å². The summed E-state index contributed by atoms with van der Waals surface area (Å²) in [7, 11) is 2.18. The molecule has 0 N–H and O–H groups in total. The van der Waals surface area contributed by atoms with Crippen molar-refractivity contribution >= 4 is 16.8 Å². The molecule has 0 aliphatic carbocycles. The van der Waals surface area contributed by atoms with E-state index >= 15 is 0 Å². The van der Waals surface area contributed by atoms with Crippen LogP contribution in [0.4, 0.5) is 0 Å². The van der Waals surface area contributed by atoms with Crippen LogP contribution in [0.2, 0.25) is 0 Å². The Labute approximate surface area is 136 Å². The smallest absolute Gasteiger partial charge is 0.242 e. The first-order valence-corrected chi connectivity index (χ1v) is 8.42. The predicted octanol–water partition coefficient (Wildman–Crippen LogP) is 1.90. The van der Waals surface area contributed by atoms with Crippen LogP contribution in [0.25, 0.3) is 10.9 Å². The van der Waals surface area contributed by atoms with Crippen molar-refractivity contribution in [1.82, 2.24) is 19.4 Å². The van der Waals surface area contributed by atoms with Crippen molar-refractivity contribution in [3.05, 3.63) is 30.2 Å². The maximum atomic E-state index is 12.6. The van der Waals surface area contributed by atoms with Crippen molar-refractivity contribution in [3.8, 4) is 0 Å². The third kappa shape index (κ3) is 2.53. The highest BCUT2D eigenvalue weighted by atomic mass is 16.2. The molecular formula is C18H24N4O. The van der Waals surface area contributed by atoms with Crippen LogP contribution in [0.3, 0.4) is 0 Å². The van der Waals surface area contributed by atoms with Gasteiger partial charge in [-0.25, -0.2) is 0 Å². The molecule has 122 valence electrons. The summed E-state index contributed by atoms with van der Waals surface area (Å²) < 4.78 is 2.06. The molecule has 2 aliphatic heterocycles. The minimum absolute atomic E-state index is 0.239. The third-order valence-electron chi connectivity index (χ3n) is 5.64. The van der Waals surface area contributed by atoms with E-state index < -0.39 is 0 Å². The van der Waals surface area contributed by atoms with Gasteiger partial charge in [-0.2, -0.15) is 0 Å². The second-order valence-corrected chi connectivity index (χ2v) is 7.39. The second-order valence-electron chi connectivity index (χ2n) is 7.39. The zero-order valence-corrected chi connectivity index (χ0v) is 14.0. The van der Waals surface area contributed by atoms with Gasteiger partial charge in [-0.3, -0.25) is 9.78 Å². The van der Waals surface area contributed by atoms with Crippen LogP contribution in [-0.2, 0) is 11.3 Å². The highest BCUT2D eigenvalue weighted by molar-refractivity contribution is 5.85. The fraction of sp³-hybridized carbons (Fsp3) is 0.556. The van der Waals surface area contributed by atoms with E-state index in [2.05, 4.69) is 34.6 Å². The number of aryl methyl sites for hydroxylation is 1. The van der Waals surface area contributed by atoms with Crippen molar-refractivity contribution in [2.24, 2.45) is 5.41 Å². The second kappa shape index (κ2) is 5.34. The highest BCUT2D eigenvalue weighted by Crippen LogP contribution is 2.40. The Balaban J connectivity index is 1.43. The van der Waals surface area contributed by atoms with Crippen molar-refractivity contribution in [2.75, 3.05) is 33.2 Å². The lowest BCUT2D eigenvalue weighted by molar-refractivity contribution is -0.147. The van der Waals surface area contributed by atoms with E-state index in [9.17, 15) is 4.79 Å². The molecule has 0 atom stereocenters. The molecule has 0 aromatic carbocycles. The molecule has 1 amide bonds. The molecule has 2 aromatic heterocycles. The number of pyridine rings is 1. The number of likely N-dealkylation sites (tertiary alicyclic amines) is 2. The zero-order valence-electron chi connectivity index (χ0n) is 14.0. The lowest BCUT2D eigenvalue weighted by Crippen LogP contribution is -2.62. The molecule has 1 spiro atoms. The van der Waals surface area contributed by atoms with Gasteiger partial charge in [0.05, 0.1) is 5.52 Å². The molecular weight excluding hydrogens is 288 g/mol. The Kier molecular flexibility index (Phi) is 3.41. The summed E-state index contributed by atoms with van der Waals surface area (Å²) in [5.74, 6) is 0.239. The Morgan fingerprint density at radius 1 is 1.30 bits per heavy atom. The molecule has 0 radical (unpaired) electrons. The number of rotatable bonds is 2. The van der Waals surface area contributed by atoms with Gasteiger partial charge < -0.3 is 14.4 Å². The van der Waals surface area contributed by atoms with Gasteiger partial charge in [0.2, 0.25) is 5.91 Å². The van der Waals surface area contributed by atoms with Gasteiger partial charge in [0, 0.05) is 42.5 Å². The summed E-state index contributed by atoms with van der Waals surface area (Å²) >= 11 is 0. The number of nitrogens with zero attached hydrogens (tertiary/aromatic N) is 4. The molecule has 5 nitrogen and oxygen atoms in total. The van der Waals surface area contributed by atoms with Gasteiger partial charge >= 0.3 is 0 Å². The summed E-state index contributed by atoms with van der Waals surface area (Å²) in [5, 5.41) is 1.13. The van der Waals surface area contributed by atoms with Crippen molar-refractivity contribution < 1.29 is 4.79 Å². The van der Waals surface area contributed by atoms with E-state index in [1.165, 1.54) is 18.4 Å². The summed E-state index contributed by atoms with van der Waals surface area (Å²) in [5.41, 5.74) is 2.68. The van der Waals surface area contributed by atoms with E-state index in [1.807, 2.05) is 17.2 Å². The summed E-state index contributed by atoms with van der Waals surface area (Å²) in [6.45, 7) is 6.72. The van der Waals surface area contributed by atoms with Crippen LogP contribution < -0.4 is 0 Å². The van der Waals surface area contributed by atoms with Crippen LogP contribution in [0.1, 0.15) is 18.4 Å². The number of fused-ring (bicyclic) bond motifs is 1. The average molecular weight is 312 g/mol. The van der Waals surface area contributed by atoms with E-state index in [-0.39, 0.29) is 5.91 Å². The highest BCUT2D eigenvalue weighted by Gasteiger charge is 2.46. The van der Waals surface area contributed by atoms with Gasteiger partial charge in [0.25, 0.3) is 0 Å². The van der Waals surface area contributed by atoms with Crippen LogP contribution in [0.15, 0.2) is 24.7 Å². The topological polar surface area (TPSA) is 41.4 Å². The first kappa shape index (κ1) is 14.7. The van der Waals surface area contributed by atoms with Gasteiger partial charge in [-0.05, 0) is 51.5 Å². The molecule has 4 heterocycles. The standard InChI is InChI=1S/C18H24N4O/c1-14-10-21(16-3-6-19-9-15(14)16)11-17(23)22-12-18(13-22)4-7-20(2)8-5-18/h3,6,9-10H,4-5,7-8,11-13H2,1-2H3. The molecule has 0 bridgehead atoms. The first-order valence-electron chi connectivity index (χ1n) is 8.42. The quantitative estimate of drug-likeness (QED) is 0.850. The SMILES string of the molecule is Cc1cn(CC(=O)N2CC3(CCN(C)CC3)C2)c2ccncc12. The fourth-order valence-corrected chi connectivity index (χ4v) is 4.04. The summed E-state index contributed by atoms with van der Waals surface area (Å²) in [4.78, 5) is 21.2. The van der Waals surface area contributed by atoms with Gasteiger partial charge in [-0.1, -0.05) is 0 Å². The predicted molar refractivity (Wildman–Crippen MR) is 90.2 cm³/mol. The Hall–Kier alpha value is -1.88. The minimum atomic E-state index is 0.239. The van der Waals surface area contributed by atoms with E-state index in [4.69, 9.17) is 0 Å². The number of hydrogen-bond acceptors (Lipinski definition) is 3. The van der Waals surface area contributed by atoms with Gasteiger partial charge in [0.15, 0.2) is 0 Å². The third-order valence-corrected chi connectivity index (χ3v) is 5.64.